The average Bonchev–Trinajstić information content (AvgIpc) is 3.19. The van der Waals surface area contributed by atoms with E-state index in [0.29, 0.717) is 19.7 Å². The number of amides is 2. The van der Waals surface area contributed by atoms with Crippen LogP contribution in [-0.4, -0.2) is 43.0 Å². The second kappa shape index (κ2) is 4.56. The number of nitrogens with one attached hydrogen (secondary N) is 1. The molecule has 3 aliphatic rings. The predicted octanol–water partition coefficient (Wildman–Crippen LogP) is 1.10. The number of benzene rings is 1. The van der Waals surface area contributed by atoms with Gasteiger partial charge in [0.25, 0.3) is 0 Å². The van der Waals surface area contributed by atoms with Crippen molar-refractivity contribution in [3.8, 4) is 11.5 Å². The highest BCUT2D eigenvalue weighted by Crippen LogP contribution is 2.32. The van der Waals surface area contributed by atoms with Crippen molar-refractivity contribution in [1.29, 1.82) is 0 Å². The van der Waals surface area contributed by atoms with E-state index < -0.39 is 0 Å². The molecule has 4 rings (SSSR count). The smallest absolute Gasteiger partial charge is 0.318 e. The van der Waals surface area contributed by atoms with Crippen molar-refractivity contribution < 1.29 is 19.0 Å². The highest BCUT2D eigenvalue weighted by atomic mass is 16.7. The molecule has 2 atom stereocenters. The molecule has 0 radical (unpaired) electrons. The number of hydrogen-bond donors (Lipinski definition) is 1. The van der Waals surface area contributed by atoms with Gasteiger partial charge >= 0.3 is 6.03 Å². The molecule has 2 saturated heterocycles. The van der Waals surface area contributed by atoms with Crippen LogP contribution in [0, 0.1) is 0 Å². The van der Waals surface area contributed by atoms with Crippen LogP contribution in [0.1, 0.15) is 12.0 Å². The maximum atomic E-state index is 12.1. The molecular weight excluding hydrogens is 260 g/mol. The number of carbonyl (C=O) groups is 1. The highest BCUT2D eigenvalue weighted by molar-refractivity contribution is 5.75. The summed E-state index contributed by atoms with van der Waals surface area (Å²) in [5, 5.41) is 2.95. The van der Waals surface area contributed by atoms with E-state index in [2.05, 4.69) is 5.32 Å². The molecule has 6 heteroatoms. The molecule has 2 unspecified atom stereocenters. The Hall–Kier alpha value is -1.95. The SMILES string of the molecule is O=C(NCc1ccc2c(c1)OCO2)N1CC2CC1CO2. The maximum Gasteiger partial charge on any atom is 0.318 e. The third-order valence-corrected chi connectivity index (χ3v) is 4.04. The number of fused-ring (bicyclic) bond motifs is 3. The Balaban J connectivity index is 1.37. The number of hydrogen-bond acceptors (Lipinski definition) is 4. The van der Waals surface area contributed by atoms with Crippen molar-refractivity contribution in [3.05, 3.63) is 23.8 Å². The molecule has 0 aromatic heterocycles. The molecule has 0 spiro atoms. The van der Waals surface area contributed by atoms with Gasteiger partial charge in [0, 0.05) is 13.1 Å². The average molecular weight is 276 g/mol. The Labute approximate surface area is 116 Å². The summed E-state index contributed by atoms with van der Waals surface area (Å²) >= 11 is 0. The van der Waals surface area contributed by atoms with E-state index in [9.17, 15) is 4.79 Å². The van der Waals surface area contributed by atoms with Gasteiger partial charge in [-0.15, -0.1) is 0 Å². The van der Waals surface area contributed by atoms with Crippen LogP contribution < -0.4 is 14.8 Å². The minimum Gasteiger partial charge on any atom is -0.454 e. The van der Waals surface area contributed by atoms with Crippen LogP contribution in [-0.2, 0) is 11.3 Å². The van der Waals surface area contributed by atoms with E-state index >= 15 is 0 Å². The number of ether oxygens (including phenoxy) is 3. The van der Waals surface area contributed by atoms with Gasteiger partial charge in [0.05, 0.1) is 18.8 Å². The summed E-state index contributed by atoms with van der Waals surface area (Å²) in [4.78, 5) is 14.0. The van der Waals surface area contributed by atoms with Crippen LogP contribution in [0.2, 0.25) is 0 Å². The van der Waals surface area contributed by atoms with Crippen LogP contribution in [0.15, 0.2) is 18.2 Å². The third-order valence-electron chi connectivity index (χ3n) is 4.04. The summed E-state index contributed by atoms with van der Waals surface area (Å²) in [7, 11) is 0. The molecule has 106 valence electrons. The van der Waals surface area contributed by atoms with E-state index in [1.54, 1.807) is 0 Å². The second-order valence-corrected chi connectivity index (χ2v) is 5.34. The number of nitrogens with zero attached hydrogens (tertiary/aromatic N) is 1. The van der Waals surface area contributed by atoms with Crippen LogP contribution in [0.25, 0.3) is 0 Å². The minimum absolute atomic E-state index is 0.0153. The first-order valence-electron chi connectivity index (χ1n) is 6.84. The van der Waals surface area contributed by atoms with Gasteiger partial charge in [-0.1, -0.05) is 6.07 Å². The van der Waals surface area contributed by atoms with E-state index in [1.165, 1.54) is 0 Å². The molecule has 3 aliphatic heterocycles. The van der Waals surface area contributed by atoms with Gasteiger partial charge in [0.15, 0.2) is 11.5 Å². The zero-order chi connectivity index (χ0) is 13.5. The molecular formula is C14H16N2O4. The molecule has 1 aromatic rings. The summed E-state index contributed by atoms with van der Waals surface area (Å²) in [5.41, 5.74) is 1.00. The van der Waals surface area contributed by atoms with Gasteiger partial charge in [0.2, 0.25) is 6.79 Å². The van der Waals surface area contributed by atoms with Crippen LogP contribution in [0.3, 0.4) is 0 Å². The lowest BCUT2D eigenvalue weighted by Gasteiger charge is -2.27. The molecule has 2 amide bonds. The van der Waals surface area contributed by atoms with Crippen molar-refractivity contribution in [3.63, 3.8) is 0 Å². The Morgan fingerprint density at radius 1 is 1.35 bits per heavy atom. The maximum absolute atomic E-state index is 12.1. The number of likely N-dealkylation sites (tertiary alicyclic amines) is 1. The van der Waals surface area contributed by atoms with Gasteiger partial charge in [-0.2, -0.15) is 0 Å². The van der Waals surface area contributed by atoms with E-state index in [-0.39, 0.29) is 25.0 Å². The second-order valence-electron chi connectivity index (χ2n) is 5.34. The summed E-state index contributed by atoms with van der Waals surface area (Å²) < 4.78 is 16.1. The third kappa shape index (κ3) is 1.96. The fraction of sp³-hybridized carbons (Fsp3) is 0.500. The first-order valence-corrected chi connectivity index (χ1v) is 6.84. The lowest BCUT2D eigenvalue weighted by molar-refractivity contribution is 0.0445. The summed E-state index contributed by atoms with van der Waals surface area (Å²) in [5.74, 6) is 1.50. The Morgan fingerprint density at radius 3 is 3.05 bits per heavy atom. The molecule has 2 fully saturated rings. The number of carbonyl (C=O) groups excluding carboxylic acids is 1. The van der Waals surface area contributed by atoms with Gasteiger partial charge < -0.3 is 24.4 Å². The Kier molecular flexibility index (Phi) is 2.70. The zero-order valence-electron chi connectivity index (χ0n) is 11.0. The number of urea groups is 1. The zero-order valence-corrected chi connectivity index (χ0v) is 11.0. The lowest BCUT2D eigenvalue weighted by atomic mass is 10.2. The number of morpholine rings is 1. The molecule has 2 bridgehead atoms. The molecule has 1 aromatic carbocycles. The minimum atomic E-state index is -0.0153. The van der Waals surface area contributed by atoms with Gasteiger partial charge in [-0.05, 0) is 24.1 Å². The molecule has 0 saturated carbocycles. The lowest BCUT2D eigenvalue weighted by Crippen LogP contribution is -2.46. The molecule has 1 N–H and O–H groups in total. The fourth-order valence-electron chi connectivity index (χ4n) is 2.98. The molecule has 3 heterocycles. The van der Waals surface area contributed by atoms with E-state index in [0.717, 1.165) is 23.5 Å². The van der Waals surface area contributed by atoms with Gasteiger partial charge in [-0.3, -0.25) is 0 Å². The largest absolute Gasteiger partial charge is 0.454 e. The summed E-state index contributed by atoms with van der Waals surface area (Å²) in [6, 6.07) is 5.94. The topological polar surface area (TPSA) is 60.0 Å². The number of rotatable bonds is 2. The molecule has 20 heavy (non-hydrogen) atoms. The van der Waals surface area contributed by atoms with E-state index in [1.807, 2.05) is 23.1 Å². The van der Waals surface area contributed by atoms with Crippen molar-refractivity contribution in [2.24, 2.45) is 0 Å². The van der Waals surface area contributed by atoms with Crippen molar-refractivity contribution in [2.45, 2.75) is 25.1 Å². The summed E-state index contributed by atoms with van der Waals surface area (Å²) in [6.07, 6.45) is 1.20. The first-order chi connectivity index (χ1) is 9.79. The quantitative estimate of drug-likeness (QED) is 0.878. The Bertz CT molecular complexity index is 548. The first kappa shape index (κ1) is 11.8. The molecule has 6 nitrogen and oxygen atoms in total. The van der Waals surface area contributed by atoms with Crippen LogP contribution in [0.4, 0.5) is 4.79 Å². The standard InChI is InChI=1S/C14H16N2O4/c17-14(16-6-11-4-10(16)7-18-11)15-5-9-1-2-12-13(3-9)20-8-19-12/h1-3,10-11H,4-8H2,(H,15,17). The van der Waals surface area contributed by atoms with Crippen LogP contribution >= 0.6 is 0 Å². The van der Waals surface area contributed by atoms with Gasteiger partial charge in [0.1, 0.15) is 0 Å². The van der Waals surface area contributed by atoms with E-state index in [4.69, 9.17) is 14.2 Å². The van der Waals surface area contributed by atoms with Crippen molar-refractivity contribution >= 4 is 6.03 Å². The van der Waals surface area contributed by atoms with Gasteiger partial charge in [-0.25, -0.2) is 4.79 Å². The summed E-state index contributed by atoms with van der Waals surface area (Å²) in [6.45, 7) is 2.13. The monoisotopic (exact) mass is 276 g/mol. The van der Waals surface area contributed by atoms with Crippen molar-refractivity contribution in [1.82, 2.24) is 10.2 Å². The normalized spacial score (nSPS) is 26.1. The predicted molar refractivity (Wildman–Crippen MR) is 69.7 cm³/mol. The van der Waals surface area contributed by atoms with Crippen LogP contribution in [0.5, 0.6) is 11.5 Å². The Morgan fingerprint density at radius 2 is 2.25 bits per heavy atom. The highest BCUT2D eigenvalue weighted by Gasteiger charge is 2.41. The fourth-order valence-corrected chi connectivity index (χ4v) is 2.98. The molecule has 0 aliphatic carbocycles. The van der Waals surface area contributed by atoms with Crippen molar-refractivity contribution in [2.75, 3.05) is 19.9 Å².